The Kier molecular flexibility index (Phi) is 6.58. The summed E-state index contributed by atoms with van der Waals surface area (Å²) >= 11 is 5.78. The number of benzene rings is 1. The number of nitrogens with one attached hydrogen (secondary N) is 1. The summed E-state index contributed by atoms with van der Waals surface area (Å²) in [7, 11) is 5.43. The molecule has 0 radical (unpaired) electrons. The van der Waals surface area contributed by atoms with E-state index in [4.69, 9.17) is 26.1 Å². The summed E-state index contributed by atoms with van der Waals surface area (Å²) in [5, 5.41) is 4.03. The maximum Gasteiger partial charge on any atom is 0.174 e. The molecule has 1 saturated heterocycles. The number of hydrogen-bond acceptors (Lipinski definition) is 5. The summed E-state index contributed by atoms with van der Waals surface area (Å²) in [5.74, 6) is 2.34. The number of likely N-dealkylation sites (tertiary alicyclic amines) is 1. The van der Waals surface area contributed by atoms with Crippen LogP contribution in [0.4, 0.5) is 5.69 Å². The topological polar surface area (TPSA) is 50.1 Å². The zero-order chi connectivity index (χ0) is 19.2. The summed E-state index contributed by atoms with van der Waals surface area (Å²) < 4.78 is 16.3. The Labute approximate surface area is 166 Å². The lowest BCUT2D eigenvalue weighted by molar-refractivity contribution is 0.168. The van der Waals surface area contributed by atoms with E-state index in [1.54, 1.807) is 20.5 Å². The largest absolute Gasteiger partial charge is 0.497 e. The average molecular weight is 390 g/mol. The van der Waals surface area contributed by atoms with Crippen molar-refractivity contribution in [1.82, 2.24) is 9.80 Å². The van der Waals surface area contributed by atoms with Crippen LogP contribution in [-0.2, 0) is 6.54 Å². The highest BCUT2D eigenvalue weighted by Gasteiger charge is 2.26. The van der Waals surface area contributed by atoms with Crippen molar-refractivity contribution in [3.8, 4) is 11.5 Å². The van der Waals surface area contributed by atoms with E-state index in [1.165, 1.54) is 0 Å². The summed E-state index contributed by atoms with van der Waals surface area (Å²) in [6.45, 7) is 2.77. The molecule has 0 saturated carbocycles. The molecule has 0 spiro atoms. The fraction of sp³-hybridized carbons (Fsp3) is 0.450. The van der Waals surface area contributed by atoms with Gasteiger partial charge in [0, 0.05) is 12.1 Å². The maximum atomic E-state index is 5.78. The number of furan rings is 1. The smallest absolute Gasteiger partial charge is 0.174 e. The lowest BCUT2D eigenvalue weighted by atomic mass is 10.0. The number of ether oxygens (including phenoxy) is 2. The summed E-state index contributed by atoms with van der Waals surface area (Å²) in [5.41, 5.74) is 0.820. The van der Waals surface area contributed by atoms with Crippen molar-refractivity contribution in [2.75, 3.05) is 39.7 Å². The lowest BCUT2D eigenvalue weighted by Crippen LogP contribution is -2.47. The average Bonchev–Trinajstić information content (AvgIpc) is 3.20. The second-order valence-electron chi connectivity index (χ2n) is 6.74. The fourth-order valence-corrected chi connectivity index (χ4v) is 3.66. The minimum absolute atomic E-state index is 0.371. The van der Waals surface area contributed by atoms with Crippen LogP contribution in [0.3, 0.4) is 0 Å². The maximum absolute atomic E-state index is 5.78. The molecule has 0 atom stereocenters. The van der Waals surface area contributed by atoms with Gasteiger partial charge in [0.25, 0.3) is 0 Å². The summed E-state index contributed by atoms with van der Waals surface area (Å²) in [4.78, 5) is 4.58. The van der Waals surface area contributed by atoms with Crippen LogP contribution in [0.5, 0.6) is 11.5 Å². The third-order valence-corrected chi connectivity index (χ3v) is 5.28. The van der Waals surface area contributed by atoms with E-state index in [2.05, 4.69) is 22.2 Å². The second kappa shape index (κ2) is 9.10. The third kappa shape index (κ3) is 4.93. The van der Waals surface area contributed by atoms with Crippen molar-refractivity contribution in [1.29, 1.82) is 0 Å². The first-order valence-corrected chi connectivity index (χ1v) is 9.52. The minimum atomic E-state index is 0.371. The number of nitrogens with zero attached hydrogens (tertiary/aromatic N) is 2. The summed E-state index contributed by atoms with van der Waals surface area (Å²) in [6, 6.07) is 9.92. The molecule has 2 heterocycles. The van der Waals surface area contributed by atoms with Crippen molar-refractivity contribution in [3.05, 3.63) is 42.4 Å². The van der Waals surface area contributed by atoms with Gasteiger partial charge in [0.15, 0.2) is 5.11 Å². The van der Waals surface area contributed by atoms with Crippen molar-refractivity contribution in [2.45, 2.75) is 25.4 Å². The Morgan fingerprint density at radius 1 is 1.26 bits per heavy atom. The number of rotatable bonds is 6. The van der Waals surface area contributed by atoms with Crippen molar-refractivity contribution in [2.24, 2.45) is 0 Å². The van der Waals surface area contributed by atoms with E-state index in [9.17, 15) is 0 Å². The van der Waals surface area contributed by atoms with Crippen LogP contribution in [0.15, 0.2) is 41.0 Å². The number of thiocarbonyl (C=S) groups is 1. The van der Waals surface area contributed by atoms with Crippen LogP contribution in [0, 0.1) is 0 Å². The Morgan fingerprint density at radius 2 is 2.04 bits per heavy atom. The zero-order valence-electron chi connectivity index (χ0n) is 16.1. The van der Waals surface area contributed by atoms with Gasteiger partial charge in [0.2, 0.25) is 0 Å². The molecule has 1 aliphatic heterocycles. The van der Waals surface area contributed by atoms with Crippen LogP contribution < -0.4 is 14.8 Å². The van der Waals surface area contributed by atoms with E-state index in [-0.39, 0.29) is 0 Å². The molecule has 1 N–H and O–H groups in total. The van der Waals surface area contributed by atoms with E-state index in [0.717, 1.165) is 43.1 Å². The second-order valence-corrected chi connectivity index (χ2v) is 7.12. The van der Waals surface area contributed by atoms with Gasteiger partial charge in [-0.2, -0.15) is 0 Å². The van der Waals surface area contributed by atoms with Crippen LogP contribution in [-0.4, -0.2) is 55.3 Å². The highest BCUT2D eigenvalue weighted by molar-refractivity contribution is 7.80. The van der Waals surface area contributed by atoms with Crippen molar-refractivity contribution in [3.63, 3.8) is 0 Å². The predicted molar refractivity (Wildman–Crippen MR) is 111 cm³/mol. The molecule has 6 nitrogen and oxygen atoms in total. The SMILES string of the molecule is COc1ccc(NC(=S)N(Cc2ccco2)C2CCN(C)CC2)c(OC)c1. The van der Waals surface area contributed by atoms with Gasteiger partial charge in [-0.1, -0.05) is 0 Å². The van der Waals surface area contributed by atoms with Gasteiger partial charge >= 0.3 is 0 Å². The molecule has 0 bridgehead atoms. The van der Waals surface area contributed by atoms with Gasteiger partial charge in [-0.25, -0.2) is 0 Å². The molecule has 1 aliphatic rings. The molecule has 1 aromatic carbocycles. The van der Waals surface area contributed by atoms with E-state index in [1.807, 2.05) is 30.3 Å². The van der Waals surface area contributed by atoms with E-state index in [0.29, 0.717) is 23.4 Å². The molecule has 3 rings (SSSR count). The number of anilines is 1. The Morgan fingerprint density at radius 3 is 2.67 bits per heavy atom. The first-order valence-electron chi connectivity index (χ1n) is 9.11. The van der Waals surface area contributed by atoms with Gasteiger partial charge in [0.1, 0.15) is 17.3 Å². The normalized spacial score (nSPS) is 15.4. The molecule has 1 fully saturated rings. The Bertz CT molecular complexity index is 743. The molecule has 0 unspecified atom stereocenters. The highest BCUT2D eigenvalue weighted by Crippen LogP contribution is 2.30. The van der Waals surface area contributed by atoms with Gasteiger partial charge in [-0.05, 0) is 69.5 Å². The molecule has 2 aromatic rings. The Balaban J connectivity index is 1.78. The quantitative estimate of drug-likeness (QED) is 0.758. The first kappa shape index (κ1) is 19.5. The van der Waals surface area contributed by atoms with Crippen LogP contribution in [0.1, 0.15) is 18.6 Å². The molecular weight excluding hydrogens is 362 g/mol. The van der Waals surface area contributed by atoms with Gasteiger partial charge < -0.3 is 29.0 Å². The van der Waals surface area contributed by atoms with Crippen LogP contribution >= 0.6 is 12.2 Å². The summed E-state index contributed by atoms with van der Waals surface area (Å²) in [6.07, 6.45) is 3.84. The Hall–Kier alpha value is -2.25. The molecule has 0 amide bonds. The number of piperidine rings is 1. The molecule has 7 heteroatoms. The minimum Gasteiger partial charge on any atom is -0.497 e. The standard InChI is InChI=1S/C20H27N3O3S/c1-22-10-8-15(9-11-22)23(14-17-5-4-12-26-17)20(27)21-18-7-6-16(24-2)13-19(18)25-3/h4-7,12-13,15H,8-11,14H2,1-3H3,(H,21,27). The van der Waals surface area contributed by atoms with Crippen molar-refractivity contribution >= 4 is 23.0 Å². The molecule has 1 aromatic heterocycles. The molecule has 146 valence electrons. The monoisotopic (exact) mass is 389 g/mol. The molecule has 0 aliphatic carbocycles. The third-order valence-electron chi connectivity index (χ3n) is 4.95. The zero-order valence-corrected chi connectivity index (χ0v) is 16.9. The number of methoxy groups -OCH3 is 2. The first-order chi connectivity index (χ1) is 13.1. The predicted octanol–water partition coefficient (Wildman–Crippen LogP) is 3.59. The highest BCUT2D eigenvalue weighted by atomic mass is 32.1. The van der Waals surface area contributed by atoms with E-state index < -0.39 is 0 Å². The van der Waals surface area contributed by atoms with Gasteiger partial charge in [0.05, 0.1) is 32.7 Å². The van der Waals surface area contributed by atoms with Gasteiger partial charge in [-0.3, -0.25) is 0 Å². The van der Waals surface area contributed by atoms with E-state index >= 15 is 0 Å². The van der Waals surface area contributed by atoms with Gasteiger partial charge in [-0.15, -0.1) is 0 Å². The van der Waals surface area contributed by atoms with Crippen LogP contribution in [0.2, 0.25) is 0 Å². The number of hydrogen-bond donors (Lipinski definition) is 1. The lowest BCUT2D eigenvalue weighted by Gasteiger charge is -2.38. The fourth-order valence-electron chi connectivity index (χ4n) is 3.33. The molecule has 27 heavy (non-hydrogen) atoms. The van der Waals surface area contributed by atoms with Crippen molar-refractivity contribution < 1.29 is 13.9 Å². The van der Waals surface area contributed by atoms with Crippen LogP contribution in [0.25, 0.3) is 0 Å². The molecular formula is C20H27N3O3S.